The predicted octanol–water partition coefficient (Wildman–Crippen LogP) is 6.42. The number of nitrogens with one attached hydrogen (secondary N) is 1. The van der Waals surface area contributed by atoms with Crippen LogP contribution in [0.4, 0.5) is 0 Å². The minimum absolute atomic E-state index is 0.0517. The summed E-state index contributed by atoms with van der Waals surface area (Å²) < 4.78 is 2.26. The van der Waals surface area contributed by atoms with Gasteiger partial charge in [-0.25, -0.2) is 4.98 Å². The van der Waals surface area contributed by atoms with Gasteiger partial charge in [-0.1, -0.05) is 103 Å². The SMILES string of the molecule is O=C(c1ccc(Cl)cc1)N1CCNC(CCc2cn(C(c3ccccc3)(c3ccccc3)c3ccccc3)cn2)C1. The second-order valence-electron chi connectivity index (χ2n) is 10.5. The number of aromatic nitrogens is 2. The van der Waals surface area contributed by atoms with Crippen molar-refractivity contribution >= 4 is 17.5 Å². The molecule has 6 heteroatoms. The molecule has 4 aromatic carbocycles. The van der Waals surface area contributed by atoms with Crippen LogP contribution < -0.4 is 5.32 Å². The van der Waals surface area contributed by atoms with Crippen molar-refractivity contribution in [3.05, 3.63) is 161 Å². The molecule has 1 amide bonds. The number of piperazine rings is 1. The average Bonchev–Trinajstić information content (AvgIpc) is 3.51. The number of rotatable bonds is 8. The molecule has 1 fully saturated rings. The molecule has 0 saturated carbocycles. The Hall–Kier alpha value is -4.19. The van der Waals surface area contributed by atoms with Crippen LogP contribution in [0.2, 0.25) is 5.02 Å². The van der Waals surface area contributed by atoms with Crippen LogP contribution >= 0.6 is 11.6 Å². The van der Waals surface area contributed by atoms with Gasteiger partial charge in [0.2, 0.25) is 0 Å². The number of carbonyl (C=O) groups excluding carboxylic acids is 1. The van der Waals surface area contributed by atoms with Crippen LogP contribution in [0, 0.1) is 0 Å². The highest BCUT2D eigenvalue weighted by Crippen LogP contribution is 2.40. The summed E-state index contributed by atoms with van der Waals surface area (Å²) in [4.78, 5) is 19.9. The molecule has 1 aromatic heterocycles. The van der Waals surface area contributed by atoms with Gasteiger partial charge < -0.3 is 14.8 Å². The summed E-state index contributed by atoms with van der Waals surface area (Å²) in [6.07, 6.45) is 5.85. The van der Waals surface area contributed by atoms with Crippen LogP contribution in [-0.2, 0) is 12.0 Å². The summed E-state index contributed by atoms with van der Waals surface area (Å²) in [5.41, 5.74) is 4.65. The summed E-state index contributed by atoms with van der Waals surface area (Å²) in [6, 6.07) is 39.2. The van der Waals surface area contributed by atoms with Crippen LogP contribution in [0.1, 0.15) is 39.2 Å². The third kappa shape index (κ3) is 5.56. The molecule has 1 aliphatic heterocycles. The molecule has 0 bridgehead atoms. The largest absolute Gasteiger partial charge is 0.336 e. The maximum atomic E-state index is 13.1. The number of hydrogen-bond acceptors (Lipinski definition) is 3. The van der Waals surface area contributed by atoms with Gasteiger partial charge in [-0.15, -0.1) is 0 Å². The van der Waals surface area contributed by atoms with Crippen LogP contribution in [-0.4, -0.2) is 46.0 Å². The summed E-state index contributed by atoms with van der Waals surface area (Å²) >= 11 is 6.02. The standard InChI is InChI=1S/C35H33ClN4O/c36-31-18-16-27(17-19-31)34(41)39-23-22-37-32(24-39)20-21-33-25-40(26-38-33)35(28-10-4-1-5-11-28,29-12-6-2-7-13-29)30-14-8-3-9-15-30/h1-19,25-26,32,37H,20-24H2. The Bertz CT molecular complexity index is 1470. The highest BCUT2D eigenvalue weighted by atomic mass is 35.5. The third-order valence-corrected chi connectivity index (χ3v) is 8.23. The van der Waals surface area contributed by atoms with E-state index < -0.39 is 5.54 Å². The lowest BCUT2D eigenvalue weighted by Gasteiger charge is -2.37. The zero-order valence-electron chi connectivity index (χ0n) is 22.9. The van der Waals surface area contributed by atoms with Crippen molar-refractivity contribution in [3.8, 4) is 0 Å². The molecule has 206 valence electrons. The Morgan fingerprint density at radius 2 is 1.39 bits per heavy atom. The first-order valence-corrected chi connectivity index (χ1v) is 14.5. The lowest BCUT2D eigenvalue weighted by atomic mass is 9.77. The van der Waals surface area contributed by atoms with Crippen LogP contribution in [0.15, 0.2) is 128 Å². The maximum Gasteiger partial charge on any atom is 0.253 e. The van der Waals surface area contributed by atoms with E-state index in [0.717, 1.165) is 25.1 Å². The molecule has 2 heterocycles. The molecule has 1 N–H and O–H groups in total. The van der Waals surface area contributed by atoms with Gasteiger partial charge in [0.05, 0.1) is 12.0 Å². The summed E-state index contributed by atoms with van der Waals surface area (Å²) in [5.74, 6) is 0.0517. The van der Waals surface area contributed by atoms with E-state index in [-0.39, 0.29) is 11.9 Å². The van der Waals surface area contributed by atoms with Crippen LogP contribution in [0.25, 0.3) is 0 Å². The van der Waals surface area contributed by atoms with Gasteiger partial charge in [0.25, 0.3) is 5.91 Å². The molecule has 0 radical (unpaired) electrons. The number of benzene rings is 4. The fourth-order valence-corrected chi connectivity index (χ4v) is 6.09. The number of halogens is 1. The highest BCUT2D eigenvalue weighted by Gasteiger charge is 2.38. The van der Waals surface area contributed by atoms with Crippen molar-refractivity contribution in [2.75, 3.05) is 19.6 Å². The Kier molecular flexibility index (Phi) is 7.99. The van der Waals surface area contributed by atoms with Gasteiger partial charge in [0.15, 0.2) is 0 Å². The number of carbonyl (C=O) groups is 1. The van der Waals surface area contributed by atoms with E-state index >= 15 is 0 Å². The van der Waals surface area contributed by atoms with E-state index in [1.54, 1.807) is 24.3 Å². The zero-order valence-corrected chi connectivity index (χ0v) is 23.6. The van der Waals surface area contributed by atoms with E-state index in [2.05, 4.69) is 107 Å². The van der Waals surface area contributed by atoms with E-state index in [1.165, 1.54) is 16.7 Å². The molecule has 0 spiro atoms. The molecular formula is C35H33ClN4O. The van der Waals surface area contributed by atoms with Crippen molar-refractivity contribution in [1.29, 1.82) is 0 Å². The van der Waals surface area contributed by atoms with Crippen molar-refractivity contribution in [2.45, 2.75) is 24.4 Å². The molecular weight excluding hydrogens is 528 g/mol. The van der Waals surface area contributed by atoms with Gasteiger partial charge in [-0.3, -0.25) is 4.79 Å². The van der Waals surface area contributed by atoms with E-state index in [0.29, 0.717) is 23.7 Å². The van der Waals surface area contributed by atoms with Gasteiger partial charge in [-0.2, -0.15) is 0 Å². The first-order valence-electron chi connectivity index (χ1n) is 14.1. The summed E-state index contributed by atoms with van der Waals surface area (Å²) in [5, 5.41) is 4.23. The monoisotopic (exact) mass is 560 g/mol. The molecule has 0 aliphatic carbocycles. The van der Waals surface area contributed by atoms with Gasteiger partial charge in [0.1, 0.15) is 5.54 Å². The smallest absolute Gasteiger partial charge is 0.253 e. The quantitative estimate of drug-likeness (QED) is 0.223. The first kappa shape index (κ1) is 27.0. The first-order chi connectivity index (χ1) is 20.1. The normalized spacial score (nSPS) is 15.5. The van der Waals surface area contributed by atoms with Crippen molar-refractivity contribution in [3.63, 3.8) is 0 Å². The molecule has 5 nitrogen and oxygen atoms in total. The minimum atomic E-state index is -0.570. The lowest BCUT2D eigenvalue weighted by Crippen LogP contribution is -2.52. The van der Waals surface area contributed by atoms with Crippen molar-refractivity contribution in [1.82, 2.24) is 19.8 Å². The number of hydrogen-bond donors (Lipinski definition) is 1. The predicted molar refractivity (Wildman–Crippen MR) is 164 cm³/mol. The van der Waals surface area contributed by atoms with Gasteiger partial charge in [-0.05, 0) is 53.8 Å². The zero-order chi connectivity index (χ0) is 28.1. The second-order valence-corrected chi connectivity index (χ2v) is 11.0. The fourth-order valence-electron chi connectivity index (χ4n) is 5.96. The average molecular weight is 561 g/mol. The molecule has 1 aliphatic rings. The highest BCUT2D eigenvalue weighted by molar-refractivity contribution is 6.30. The Morgan fingerprint density at radius 3 is 1.95 bits per heavy atom. The molecule has 1 saturated heterocycles. The van der Waals surface area contributed by atoms with Crippen molar-refractivity contribution < 1.29 is 4.79 Å². The Labute approximate surface area is 246 Å². The van der Waals surface area contributed by atoms with E-state index in [1.807, 2.05) is 11.2 Å². The van der Waals surface area contributed by atoms with Crippen LogP contribution in [0.3, 0.4) is 0 Å². The van der Waals surface area contributed by atoms with E-state index in [9.17, 15) is 4.79 Å². The Morgan fingerprint density at radius 1 is 0.829 bits per heavy atom. The lowest BCUT2D eigenvalue weighted by molar-refractivity contribution is 0.0699. The van der Waals surface area contributed by atoms with Gasteiger partial charge in [0, 0.05) is 42.5 Å². The molecule has 1 unspecified atom stereocenters. The summed E-state index contributed by atoms with van der Waals surface area (Å²) in [7, 11) is 0. The second kappa shape index (κ2) is 12.1. The Balaban J connectivity index is 1.26. The minimum Gasteiger partial charge on any atom is -0.336 e. The topological polar surface area (TPSA) is 50.2 Å². The molecule has 41 heavy (non-hydrogen) atoms. The summed E-state index contributed by atoms with van der Waals surface area (Å²) in [6.45, 7) is 2.14. The number of imidazole rings is 1. The number of aryl methyl sites for hydroxylation is 1. The van der Waals surface area contributed by atoms with Crippen LogP contribution in [0.5, 0.6) is 0 Å². The molecule has 6 rings (SSSR count). The number of nitrogens with zero attached hydrogens (tertiary/aromatic N) is 3. The van der Waals surface area contributed by atoms with Crippen molar-refractivity contribution in [2.24, 2.45) is 0 Å². The molecule has 1 atom stereocenters. The molecule has 5 aromatic rings. The number of amides is 1. The van der Waals surface area contributed by atoms with Gasteiger partial charge >= 0.3 is 0 Å². The fraction of sp³-hybridized carbons (Fsp3) is 0.200. The van der Waals surface area contributed by atoms with E-state index in [4.69, 9.17) is 16.6 Å². The maximum absolute atomic E-state index is 13.1. The third-order valence-electron chi connectivity index (χ3n) is 7.98.